The number of esters is 1. The molecule has 0 aliphatic carbocycles. The number of nitrogen functional groups attached to an aromatic ring is 1. The highest BCUT2D eigenvalue weighted by Gasteiger charge is 2.48. The number of benzene rings is 3. The number of nitrogens with one attached hydrogen (secondary N) is 3. The van der Waals surface area contributed by atoms with Crippen molar-refractivity contribution in [3.05, 3.63) is 95.6 Å². The maximum absolute atomic E-state index is 13.3. The summed E-state index contributed by atoms with van der Waals surface area (Å²) < 4.78 is 5.38. The van der Waals surface area contributed by atoms with Gasteiger partial charge in [0.2, 0.25) is 0 Å². The van der Waals surface area contributed by atoms with Crippen molar-refractivity contribution >= 4 is 46.6 Å². The van der Waals surface area contributed by atoms with Crippen molar-refractivity contribution in [1.29, 1.82) is 0 Å². The molecule has 3 aromatic rings. The van der Waals surface area contributed by atoms with Crippen molar-refractivity contribution in [2.75, 3.05) is 17.6 Å². The average Bonchev–Trinajstić information content (AvgIpc) is 3.18. The third-order valence-corrected chi connectivity index (χ3v) is 7.13. The molecule has 1 aliphatic heterocycles. The quantitative estimate of drug-likeness (QED) is 0.125. The Bertz CT molecular complexity index is 1380. The third kappa shape index (κ3) is 6.76. The van der Waals surface area contributed by atoms with Crippen LogP contribution in [0.1, 0.15) is 37.0 Å². The van der Waals surface area contributed by atoms with Gasteiger partial charge >= 0.3 is 12.0 Å². The molecule has 0 aromatic heterocycles. The number of hydrogen-bond acceptors (Lipinski definition) is 6. The van der Waals surface area contributed by atoms with Crippen molar-refractivity contribution in [3.63, 3.8) is 0 Å². The van der Waals surface area contributed by atoms with Crippen LogP contribution < -0.4 is 21.7 Å². The number of carbonyl (C=O) groups is 3. The molecule has 1 heterocycles. The Morgan fingerprint density at radius 2 is 1.70 bits per heavy atom. The largest absolute Gasteiger partial charge is 0.461 e. The Labute approximate surface area is 239 Å². The van der Waals surface area contributed by atoms with Crippen LogP contribution in [0.15, 0.2) is 78.9 Å². The number of amides is 3. The number of hydrogen-bond donors (Lipinski definition) is 4. The lowest BCUT2D eigenvalue weighted by molar-refractivity contribution is -0.150. The predicted octanol–water partition coefficient (Wildman–Crippen LogP) is 4.29. The highest BCUT2D eigenvalue weighted by atomic mass is 32.1. The molecule has 10 heteroatoms. The second-order valence-electron chi connectivity index (χ2n) is 9.89. The Morgan fingerprint density at radius 3 is 2.40 bits per heavy atom. The lowest BCUT2D eigenvalue weighted by Gasteiger charge is -2.23. The highest BCUT2D eigenvalue weighted by molar-refractivity contribution is 7.80. The van der Waals surface area contributed by atoms with E-state index in [-0.39, 0.29) is 25.0 Å². The van der Waals surface area contributed by atoms with E-state index in [0.717, 1.165) is 21.7 Å². The Balaban J connectivity index is 1.29. The molecule has 2 atom stereocenters. The number of thiocarbonyl (C=S) groups is 1. The van der Waals surface area contributed by atoms with E-state index in [2.05, 4.69) is 16.0 Å². The zero-order chi connectivity index (χ0) is 28.7. The zero-order valence-electron chi connectivity index (χ0n) is 22.5. The molecule has 1 fully saturated rings. The van der Waals surface area contributed by atoms with E-state index < -0.39 is 17.5 Å². The number of ether oxygens (including phenoxy) is 1. The second kappa shape index (κ2) is 12.6. The first-order chi connectivity index (χ1) is 19.2. The highest BCUT2D eigenvalue weighted by Crippen LogP contribution is 2.29. The third-order valence-electron chi connectivity index (χ3n) is 6.88. The molecule has 4 rings (SSSR count). The van der Waals surface area contributed by atoms with Gasteiger partial charge in [-0.05, 0) is 54.4 Å². The van der Waals surface area contributed by atoms with Crippen LogP contribution in [0.4, 0.5) is 16.2 Å². The van der Waals surface area contributed by atoms with Crippen LogP contribution in [0.3, 0.4) is 0 Å². The van der Waals surface area contributed by atoms with Crippen molar-refractivity contribution < 1.29 is 19.1 Å². The lowest BCUT2D eigenvalue weighted by atomic mass is 9.91. The fraction of sp³-hybridized carbons (Fsp3) is 0.267. The molecule has 5 N–H and O–H groups in total. The topological polar surface area (TPSA) is 126 Å². The molecule has 0 saturated carbocycles. The molecule has 3 aromatic carbocycles. The van der Waals surface area contributed by atoms with E-state index in [1.165, 1.54) is 0 Å². The Morgan fingerprint density at radius 1 is 1.02 bits per heavy atom. The number of nitrogens with two attached hydrogens (primary N) is 1. The molecule has 0 bridgehead atoms. The molecular weight excluding hydrogens is 526 g/mol. The predicted molar refractivity (Wildman–Crippen MR) is 158 cm³/mol. The van der Waals surface area contributed by atoms with Crippen LogP contribution in [0, 0.1) is 5.92 Å². The first kappa shape index (κ1) is 28.6. The van der Waals surface area contributed by atoms with Gasteiger partial charge in [-0.1, -0.05) is 73.7 Å². The van der Waals surface area contributed by atoms with Gasteiger partial charge in [0.1, 0.15) is 12.1 Å². The smallest absolute Gasteiger partial charge is 0.325 e. The fourth-order valence-electron chi connectivity index (χ4n) is 4.32. The molecule has 9 nitrogen and oxygen atoms in total. The molecule has 2 unspecified atom stereocenters. The minimum Gasteiger partial charge on any atom is -0.461 e. The van der Waals surface area contributed by atoms with Crippen molar-refractivity contribution in [2.45, 2.75) is 39.0 Å². The van der Waals surface area contributed by atoms with E-state index in [1.54, 1.807) is 19.9 Å². The van der Waals surface area contributed by atoms with E-state index >= 15 is 0 Å². The maximum Gasteiger partial charge on any atom is 0.325 e. The summed E-state index contributed by atoms with van der Waals surface area (Å²) in [6.45, 7) is 4.16. The monoisotopic (exact) mass is 559 g/mol. The van der Waals surface area contributed by atoms with Gasteiger partial charge in [-0.25, -0.2) is 4.79 Å². The van der Waals surface area contributed by atoms with Crippen LogP contribution in [-0.2, 0) is 33.0 Å². The minimum absolute atomic E-state index is 0.111. The zero-order valence-corrected chi connectivity index (χ0v) is 23.3. The number of urea groups is 1. The molecule has 0 radical (unpaired) electrons. The molecule has 40 heavy (non-hydrogen) atoms. The second-order valence-corrected chi connectivity index (χ2v) is 10.3. The molecule has 208 valence electrons. The summed E-state index contributed by atoms with van der Waals surface area (Å²) in [7, 11) is 0. The standard InChI is InChI=1S/C30H33N5O4S/c1-20(26(36)39-19-22-8-4-3-5-9-22)16-17-35-27(37)30(2,34-29(35)38)23-14-12-21(13-15-23)18-32-28(40)33-25-11-7-6-10-24(25)31/h3-15,20H,16-19,31H2,1-2H3,(H,34,38)(H2,32,33,40). The van der Waals surface area contributed by atoms with Gasteiger partial charge in [0, 0.05) is 13.1 Å². The molecule has 1 saturated heterocycles. The molecular formula is C30H33N5O4S. The normalized spacial score (nSPS) is 17.2. The average molecular weight is 560 g/mol. The molecule has 1 aliphatic rings. The van der Waals surface area contributed by atoms with Crippen LogP contribution >= 0.6 is 12.2 Å². The van der Waals surface area contributed by atoms with Crippen molar-refractivity contribution in [2.24, 2.45) is 5.92 Å². The molecule has 3 amide bonds. The first-order valence-corrected chi connectivity index (χ1v) is 13.4. The summed E-state index contributed by atoms with van der Waals surface area (Å²) in [6, 6.07) is 23.6. The maximum atomic E-state index is 13.3. The first-order valence-electron chi connectivity index (χ1n) is 13.0. The Kier molecular flexibility index (Phi) is 9.00. The van der Waals surface area contributed by atoms with E-state index in [1.807, 2.05) is 72.8 Å². The minimum atomic E-state index is -1.21. The van der Waals surface area contributed by atoms with Crippen molar-refractivity contribution in [3.8, 4) is 0 Å². The van der Waals surface area contributed by atoms with Crippen LogP contribution in [-0.4, -0.2) is 34.5 Å². The number of anilines is 2. The van der Waals surface area contributed by atoms with Gasteiger partial charge < -0.3 is 26.4 Å². The number of para-hydroxylation sites is 2. The summed E-state index contributed by atoms with van der Waals surface area (Å²) in [5, 5.41) is 9.44. The van der Waals surface area contributed by atoms with Gasteiger partial charge in [-0.15, -0.1) is 0 Å². The van der Waals surface area contributed by atoms with Gasteiger partial charge in [0.25, 0.3) is 5.91 Å². The van der Waals surface area contributed by atoms with Crippen molar-refractivity contribution in [1.82, 2.24) is 15.5 Å². The SMILES string of the molecule is CC(CCN1C(=O)NC(C)(c2ccc(CNC(=S)Nc3ccccc3N)cc2)C1=O)C(=O)OCc1ccccc1. The van der Waals surface area contributed by atoms with E-state index in [4.69, 9.17) is 22.7 Å². The van der Waals surface area contributed by atoms with E-state index in [0.29, 0.717) is 29.3 Å². The summed E-state index contributed by atoms with van der Waals surface area (Å²) >= 11 is 5.36. The van der Waals surface area contributed by atoms with Crippen LogP contribution in [0.2, 0.25) is 0 Å². The summed E-state index contributed by atoms with van der Waals surface area (Å²) in [5.74, 6) is -1.20. The van der Waals surface area contributed by atoms with Gasteiger partial charge in [-0.3, -0.25) is 14.5 Å². The summed E-state index contributed by atoms with van der Waals surface area (Å²) in [6.07, 6.45) is 0.302. The fourth-order valence-corrected chi connectivity index (χ4v) is 4.50. The van der Waals surface area contributed by atoms with Gasteiger partial charge in [0.05, 0.1) is 17.3 Å². The van der Waals surface area contributed by atoms with Gasteiger partial charge in [0.15, 0.2) is 5.11 Å². The summed E-state index contributed by atoms with van der Waals surface area (Å²) in [4.78, 5) is 39.6. The number of rotatable bonds is 10. The van der Waals surface area contributed by atoms with E-state index in [9.17, 15) is 14.4 Å². The van der Waals surface area contributed by atoms with Crippen LogP contribution in [0.25, 0.3) is 0 Å². The van der Waals surface area contributed by atoms with Gasteiger partial charge in [-0.2, -0.15) is 0 Å². The number of nitrogens with zero attached hydrogens (tertiary/aromatic N) is 1. The summed E-state index contributed by atoms with van der Waals surface area (Å²) in [5.41, 5.74) is 8.55. The number of carbonyl (C=O) groups excluding carboxylic acids is 3. The Hall–Kier alpha value is -4.44. The lowest BCUT2D eigenvalue weighted by Crippen LogP contribution is -2.41. The molecule has 0 spiro atoms. The number of imide groups is 1. The van der Waals surface area contributed by atoms with Crippen LogP contribution in [0.5, 0.6) is 0 Å².